The number of rotatable bonds is 3. The van der Waals surface area contributed by atoms with Crippen molar-refractivity contribution in [1.82, 2.24) is 19.6 Å². The summed E-state index contributed by atoms with van der Waals surface area (Å²) in [6.07, 6.45) is 11.5. The van der Waals surface area contributed by atoms with E-state index in [2.05, 4.69) is 33.7 Å². The molecule has 26 heavy (non-hydrogen) atoms. The van der Waals surface area contributed by atoms with Crippen LogP contribution in [0.1, 0.15) is 51.4 Å². The fourth-order valence-electron chi connectivity index (χ4n) is 6.03. The second-order valence-electron chi connectivity index (χ2n) is 10.1. The van der Waals surface area contributed by atoms with Crippen molar-refractivity contribution in [3.63, 3.8) is 0 Å². The number of hydrogen-bond acceptors (Lipinski definition) is 4. The van der Waals surface area contributed by atoms with E-state index < -0.39 is 0 Å². The smallest absolute Gasteiger partial charge is 0.0120 e. The van der Waals surface area contributed by atoms with Gasteiger partial charge in [-0.15, -0.1) is 0 Å². The molecule has 4 saturated heterocycles. The van der Waals surface area contributed by atoms with Crippen LogP contribution >= 0.6 is 0 Å². The predicted molar refractivity (Wildman–Crippen MR) is 110 cm³/mol. The van der Waals surface area contributed by atoms with E-state index in [1.165, 1.54) is 110 Å². The third-order valence-corrected chi connectivity index (χ3v) is 8.33. The molecular weight excluding hydrogens is 320 g/mol. The summed E-state index contributed by atoms with van der Waals surface area (Å²) in [5, 5.41) is 0. The van der Waals surface area contributed by atoms with E-state index in [1.54, 1.807) is 0 Å². The minimum atomic E-state index is 0.706. The van der Waals surface area contributed by atoms with Gasteiger partial charge >= 0.3 is 0 Å². The van der Waals surface area contributed by atoms with Crippen LogP contribution in [0.3, 0.4) is 0 Å². The van der Waals surface area contributed by atoms with Crippen LogP contribution in [-0.4, -0.2) is 98.6 Å². The molecule has 4 aliphatic heterocycles. The minimum Gasteiger partial charge on any atom is -0.306 e. The van der Waals surface area contributed by atoms with Crippen molar-refractivity contribution in [3.8, 4) is 0 Å². The van der Waals surface area contributed by atoms with Crippen molar-refractivity contribution < 1.29 is 0 Å². The lowest BCUT2D eigenvalue weighted by atomic mass is 9.71. The lowest BCUT2D eigenvalue weighted by molar-refractivity contribution is 0.00933. The average molecular weight is 363 g/mol. The van der Waals surface area contributed by atoms with Gasteiger partial charge in [0.15, 0.2) is 0 Å². The van der Waals surface area contributed by atoms with Gasteiger partial charge in [-0.1, -0.05) is 0 Å². The maximum Gasteiger partial charge on any atom is 0.0120 e. The average Bonchev–Trinajstić information content (AvgIpc) is 2.68. The molecule has 0 bridgehead atoms. The Hall–Kier alpha value is -0.160. The highest BCUT2D eigenvalue weighted by Gasteiger charge is 2.38. The van der Waals surface area contributed by atoms with Crippen LogP contribution in [0.25, 0.3) is 0 Å². The molecular formula is C22H42N4. The second-order valence-corrected chi connectivity index (χ2v) is 10.1. The highest BCUT2D eigenvalue weighted by molar-refractivity contribution is 4.92. The summed E-state index contributed by atoms with van der Waals surface area (Å²) in [6, 6.07) is 0.882. The Labute approximate surface area is 161 Å². The Morgan fingerprint density at radius 3 is 1.81 bits per heavy atom. The van der Waals surface area contributed by atoms with E-state index in [-0.39, 0.29) is 0 Å². The predicted octanol–water partition coefficient (Wildman–Crippen LogP) is 2.60. The summed E-state index contributed by atoms with van der Waals surface area (Å²) < 4.78 is 0. The monoisotopic (exact) mass is 362 g/mol. The van der Waals surface area contributed by atoms with Gasteiger partial charge in [-0.25, -0.2) is 0 Å². The van der Waals surface area contributed by atoms with Crippen molar-refractivity contribution >= 4 is 0 Å². The van der Waals surface area contributed by atoms with Gasteiger partial charge in [0.25, 0.3) is 0 Å². The first-order valence-corrected chi connectivity index (χ1v) is 11.5. The van der Waals surface area contributed by atoms with Crippen LogP contribution in [0.5, 0.6) is 0 Å². The van der Waals surface area contributed by atoms with Crippen molar-refractivity contribution in [2.75, 3.05) is 73.0 Å². The van der Waals surface area contributed by atoms with E-state index in [9.17, 15) is 0 Å². The van der Waals surface area contributed by atoms with Gasteiger partial charge < -0.3 is 19.6 Å². The molecule has 0 radical (unpaired) electrons. The molecule has 0 aromatic heterocycles. The molecule has 4 fully saturated rings. The zero-order valence-corrected chi connectivity index (χ0v) is 17.5. The molecule has 0 aromatic carbocycles. The Kier molecular flexibility index (Phi) is 6.24. The summed E-state index contributed by atoms with van der Waals surface area (Å²) in [5.74, 6) is 0.960. The van der Waals surface area contributed by atoms with Crippen molar-refractivity contribution in [2.45, 2.75) is 57.4 Å². The molecule has 1 spiro atoms. The Morgan fingerprint density at radius 1 is 0.654 bits per heavy atom. The largest absolute Gasteiger partial charge is 0.306 e. The van der Waals surface area contributed by atoms with E-state index in [1.807, 2.05) is 0 Å². The molecule has 0 unspecified atom stereocenters. The molecule has 0 atom stereocenters. The maximum atomic E-state index is 2.87. The van der Waals surface area contributed by atoms with Crippen LogP contribution in [0.4, 0.5) is 0 Å². The van der Waals surface area contributed by atoms with Gasteiger partial charge in [0.05, 0.1) is 0 Å². The summed E-state index contributed by atoms with van der Waals surface area (Å²) in [6.45, 7) is 12.1. The van der Waals surface area contributed by atoms with Gasteiger partial charge in [0.2, 0.25) is 0 Å². The van der Waals surface area contributed by atoms with E-state index in [4.69, 9.17) is 0 Å². The molecule has 4 rings (SSSR count). The lowest BCUT2D eigenvalue weighted by Crippen LogP contribution is -2.52. The molecule has 4 nitrogen and oxygen atoms in total. The Morgan fingerprint density at radius 2 is 1.19 bits per heavy atom. The number of nitrogens with zero attached hydrogens (tertiary/aromatic N) is 4. The van der Waals surface area contributed by atoms with Gasteiger partial charge in [-0.05, 0) is 129 Å². The van der Waals surface area contributed by atoms with Crippen LogP contribution in [-0.2, 0) is 0 Å². The second kappa shape index (κ2) is 8.46. The topological polar surface area (TPSA) is 13.0 Å². The van der Waals surface area contributed by atoms with Gasteiger partial charge in [-0.3, -0.25) is 0 Å². The zero-order chi connectivity index (χ0) is 18.0. The molecule has 4 heterocycles. The SMILES string of the molecule is CN1CCC(CN2CCC(N3CCC4(CCN(C)CC4)CC3)CC2)CC1. The lowest BCUT2D eigenvalue weighted by Gasteiger charge is -2.49. The maximum absolute atomic E-state index is 2.87. The molecule has 0 N–H and O–H groups in total. The van der Waals surface area contributed by atoms with Gasteiger partial charge in [-0.2, -0.15) is 0 Å². The summed E-state index contributed by atoms with van der Waals surface area (Å²) in [5.41, 5.74) is 0.706. The quantitative estimate of drug-likeness (QED) is 0.765. The molecule has 150 valence electrons. The molecule has 0 amide bonds. The summed E-state index contributed by atoms with van der Waals surface area (Å²) in [7, 11) is 4.57. The fraction of sp³-hybridized carbons (Fsp3) is 1.00. The fourth-order valence-corrected chi connectivity index (χ4v) is 6.03. The van der Waals surface area contributed by atoms with E-state index in [0.717, 1.165) is 12.0 Å². The number of piperidine rings is 4. The summed E-state index contributed by atoms with van der Waals surface area (Å²) >= 11 is 0. The molecule has 4 heteroatoms. The first-order valence-electron chi connectivity index (χ1n) is 11.5. The number of hydrogen-bond donors (Lipinski definition) is 0. The normalized spacial score (nSPS) is 31.6. The Bertz CT molecular complexity index is 419. The first-order chi connectivity index (χ1) is 12.6. The van der Waals surface area contributed by atoms with E-state index in [0.29, 0.717) is 5.41 Å². The minimum absolute atomic E-state index is 0.706. The highest BCUT2D eigenvalue weighted by Crippen LogP contribution is 2.41. The van der Waals surface area contributed by atoms with E-state index >= 15 is 0 Å². The molecule has 0 aromatic rings. The zero-order valence-electron chi connectivity index (χ0n) is 17.5. The first kappa shape index (κ1) is 19.2. The van der Waals surface area contributed by atoms with Crippen LogP contribution in [0.2, 0.25) is 0 Å². The number of likely N-dealkylation sites (tertiary alicyclic amines) is 4. The van der Waals surface area contributed by atoms with Crippen LogP contribution in [0, 0.1) is 11.3 Å². The van der Waals surface area contributed by atoms with Crippen LogP contribution in [0.15, 0.2) is 0 Å². The van der Waals surface area contributed by atoms with Crippen molar-refractivity contribution in [2.24, 2.45) is 11.3 Å². The third-order valence-electron chi connectivity index (χ3n) is 8.33. The molecule has 0 saturated carbocycles. The van der Waals surface area contributed by atoms with Crippen molar-refractivity contribution in [3.05, 3.63) is 0 Å². The molecule has 0 aliphatic carbocycles. The standard InChI is InChI=1S/C22H42N4/c1-23-11-3-20(4-12-23)19-25-13-5-21(6-14-25)26-17-9-22(10-18-26)7-15-24(2)16-8-22/h20-21H,3-19H2,1-2H3. The van der Waals surface area contributed by atoms with Gasteiger partial charge in [0.1, 0.15) is 0 Å². The van der Waals surface area contributed by atoms with Crippen LogP contribution < -0.4 is 0 Å². The molecule has 4 aliphatic rings. The van der Waals surface area contributed by atoms with Crippen molar-refractivity contribution in [1.29, 1.82) is 0 Å². The third kappa shape index (κ3) is 4.63. The Balaban J connectivity index is 1.17. The summed E-state index contributed by atoms with van der Waals surface area (Å²) in [4.78, 5) is 10.7. The van der Waals surface area contributed by atoms with Gasteiger partial charge in [0, 0.05) is 12.6 Å². The highest BCUT2D eigenvalue weighted by atomic mass is 15.2.